The number of carbonyl (C=O) groups is 1. The maximum absolute atomic E-state index is 12.4. The van der Waals surface area contributed by atoms with Crippen LogP contribution in [0, 0.1) is 5.92 Å². The minimum absolute atomic E-state index is 0.157. The Morgan fingerprint density at radius 3 is 2.57 bits per heavy atom. The van der Waals surface area contributed by atoms with Crippen molar-refractivity contribution in [3.63, 3.8) is 0 Å². The first-order chi connectivity index (χ1) is 11.2. The molecule has 122 valence electrons. The van der Waals surface area contributed by atoms with Gasteiger partial charge in [0.25, 0.3) is 5.91 Å². The van der Waals surface area contributed by atoms with Gasteiger partial charge in [-0.05, 0) is 52.4 Å². The van der Waals surface area contributed by atoms with Crippen LogP contribution in [0.25, 0.3) is 0 Å². The van der Waals surface area contributed by atoms with Crippen LogP contribution in [0.1, 0.15) is 28.1 Å². The highest BCUT2D eigenvalue weighted by atomic mass is 79.9. The van der Waals surface area contributed by atoms with Gasteiger partial charge in [-0.2, -0.15) is 0 Å². The van der Waals surface area contributed by atoms with E-state index in [-0.39, 0.29) is 5.91 Å². The van der Waals surface area contributed by atoms with E-state index < -0.39 is 0 Å². The molecule has 0 aliphatic carbocycles. The van der Waals surface area contributed by atoms with Crippen LogP contribution >= 0.6 is 27.3 Å². The molecule has 3 rings (SSSR count). The summed E-state index contributed by atoms with van der Waals surface area (Å²) in [5.41, 5.74) is 1.21. The van der Waals surface area contributed by atoms with E-state index in [9.17, 15) is 4.79 Å². The molecule has 1 aromatic heterocycles. The van der Waals surface area contributed by atoms with Crippen LogP contribution in [0.5, 0.6) is 0 Å². The topological polar surface area (TPSA) is 29.5 Å². The zero-order valence-corrected chi connectivity index (χ0v) is 15.3. The van der Waals surface area contributed by atoms with Gasteiger partial charge in [0.2, 0.25) is 0 Å². The van der Waals surface area contributed by atoms with Gasteiger partial charge in [0.1, 0.15) is 0 Å². The summed E-state index contributed by atoms with van der Waals surface area (Å²) in [4.78, 5) is 15.2. The van der Waals surface area contributed by atoms with E-state index in [0.29, 0.717) is 12.5 Å². The fourth-order valence-electron chi connectivity index (χ4n) is 2.81. The third kappa shape index (κ3) is 4.66. The minimum atomic E-state index is 0.157. The van der Waals surface area contributed by atoms with Crippen LogP contribution in [-0.4, -0.2) is 30.5 Å². The molecule has 5 heteroatoms. The van der Waals surface area contributed by atoms with Gasteiger partial charge in [0, 0.05) is 19.7 Å². The van der Waals surface area contributed by atoms with Crippen molar-refractivity contribution in [2.24, 2.45) is 5.92 Å². The lowest BCUT2D eigenvalue weighted by atomic mass is 9.97. The van der Waals surface area contributed by atoms with Crippen molar-refractivity contribution < 1.29 is 9.53 Å². The molecule has 1 aliphatic heterocycles. The van der Waals surface area contributed by atoms with E-state index in [0.717, 1.165) is 41.2 Å². The number of hydrogen-bond acceptors (Lipinski definition) is 3. The fraction of sp³-hybridized carbons (Fsp3) is 0.389. The molecule has 2 aromatic rings. The number of likely N-dealkylation sites (tertiary alicyclic amines) is 1. The lowest BCUT2D eigenvalue weighted by Crippen LogP contribution is -2.39. The largest absolute Gasteiger partial charge is 0.376 e. The summed E-state index contributed by atoms with van der Waals surface area (Å²) >= 11 is 4.92. The van der Waals surface area contributed by atoms with Gasteiger partial charge >= 0.3 is 0 Å². The van der Waals surface area contributed by atoms with Crippen LogP contribution in [0.2, 0.25) is 0 Å². The second-order valence-electron chi connectivity index (χ2n) is 5.84. The molecule has 0 bridgehead atoms. The van der Waals surface area contributed by atoms with Gasteiger partial charge in [-0.3, -0.25) is 4.79 Å². The lowest BCUT2D eigenvalue weighted by molar-refractivity contribution is 0.0481. The number of carbonyl (C=O) groups excluding carboxylic acids is 1. The maximum atomic E-state index is 12.4. The Morgan fingerprint density at radius 1 is 1.17 bits per heavy atom. The monoisotopic (exact) mass is 393 g/mol. The van der Waals surface area contributed by atoms with Gasteiger partial charge in [0.05, 0.1) is 15.3 Å². The van der Waals surface area contributed by atoms with Gasteiger partial charge < -0.3 is 9.64 Å². The molecule has 0 saturated carbocycles. The highest BCUT2D eigenvalue weighted by Crippen LogP contribution is 2.25. The molecule has 0 unspecified atom stereocenters. The van der Waals surface area contributed by atoms with Crippen molar-refractivity contribution in [1.29, 1.82) is 0 Å². The third-order valence-electron chi connectivity index (χ3n) is 4.15. The summed E-state index contributed by atoms with van der Waals surface area (Å²) < 4.78 is 6.84. The van der Waals surface area contributed by atoms with Gasteiger partial charge in [-0.25, -0.2) is 0 Å². The SMILES string of the molecule is O=C(c1ccc(Br)s1)N1CCC(COCc2ccccc2)CC1. The molecule has 2 heterocycles. The number of ether oxygens (including phenoxy) is 1. The first-order valence-corrected chi connectivity index (χ1v) is 9.49. The molecule has 0 spiro atoms. The molecule has 0 atom stereocenters. The van der Waals surface area contributed by atoms with Gasteiger partial charge in [-0.15, -0.1) is 11.3 Å². The lowest BCUT2D eigenvalue weighted by Gasteiger charge is -2.31. The fourth-order valence-corrected chi connectivity index (χ4v) is 4.16. The third-order valence-corrected chi connectivity index (χ3v) is 5.76. The molecule has 1 aliphatic rings. The molecular weight excluding hydrogens is 374 g/mol. The van der Waals surface area contributed by atoms with Crippen LogP contribution in [-0.2, 0) is 11.3 Å². The Hall–Kier alpha value is -1.17. The van der Waals surface area contributed by atoms with Crippen molar-refractivity contribution >= 4 is 33.2 Å². The number of rotatable bonds is 5. The highest BCUT2D eigenvalue weighted by Gasteiger charge is 2.24. The van der Waals surface area contributed by atoms with Crippen molar-refractivity contribution in [2.45, 2.75) is 19.4 Å². The van der Waals surface area contributed by atoms with E-state index in [4.69, 9.17) is 4.74 Å². The van der Waals surface area contributed by atoms with Crippen molar-refractivity contribution in [2.75, 3.05) is 19.7 Å². The summed E-state index contributed by atoms with van der Waals surface area (Å²) in [5, 5.41) is 0. The summed E-state index contributed by atoms with van der Waals surface area (Å²) in [5.74, 6) is 0.710. The zero-order chi connectivity index (χ0) is 16.1. The average Bonchev–Trinajstić information content (AvgIpc) is 3.02. The molecule has 1 aromatic carbocycles. The highest BCUT2D eigenvalue weighted by molar-refractivity contribution is 9.11. The smallest absolute Gasteiger partial charge is 0.263 e. The number of amides is 1. The van der Waals surface area contributed by atoms with E-state index in [1.807, 2.05) is 35.2 Å². The van der Waals surface area contributed by atoms with Crippen molar-refractivity contribution in [1.82, 2.24) is 4.90 Å². The van der Waals surface area contributed by atoms with Crippen molar-refractivity contribution in [3.8, 4) is 0 Å². The second kappa shape index (κ2) is 8.08. The maximum Gasteiger partial charge on any atom is 0.263 e. The molecule has 23 heavy (non-hydrogen) atoms. The van der Waals surface area contributed by atoms with Crippen LogP contribution in [0.15, 0.2) is 46.3 Å². The minimum Gasteiger partial charge on any atom is -0.376 e. The second-order valence-corrected chi connectivity index (χ2v) is 8.30. The van der Waals surface area contributed by atoms with Gasteiger partial charge in [-0.1, -0.05) is 30.3 Å². The first-order valence-electron chi connectivity index (χ1n) is 7.88. The molecule has 1 amide bonds. The Bertz CT molecular complexity index is 635. The Kier molecular flexibility index (Phi) is 5.86. The summed E-state index contributed by atoms with van der Waals surface area (Å²) in [6.45, 7) is 3.10. The standard InChI is InChI=1S/C18H20BrNO2S/c19-17-7-6-16(23-17)18(21)20-10-8-15(9-11-20)13-22-12-14-4-2-1-3-5-14/h1-7,15H,8-13H2. The van der Waals surface area contributed by atoms with Crippen molar-refractivity contribution in [3.05, 3.63) is 56.7 Å². The van der Waals surface area contributed by atoms with Crippen LogP contribution in [0.3, 0.4) is 0 Å². The molecular formula is C18H20BrNO2S. The number of piperidine rings is 1. The Labute approximate surface area is 149 Å². The van der Waals surface area contributed by atoms with Crippen LogP contribution < -0.4 is 0 Å². The quantitative estimate of drug-likeness (QED) is 0.743. The van der Waals surface area contributed by atoms with Crippen LogP contribution in [0.4, 0.5) is 0 Å². The number of thiophene rings is 1. The summed E-state index contributed by atoms with van der Waals surface area (Å²) in [6, 6.07) is 14.1. The van der Waals surface area contributed by atoms with E-state index in [1.165, 1.54) is 16.9 Å². The first kappa shape index (κ1) is 16.7. The molecule has 0 N–H and O–H groups in total. The average molecular weight is 394 g/mol. The number of hydrogen-bond donors (Lipinski definition) is 0. The van der Waals surface area contributed by atoms with Gasteiger partial charge in [0.15, 0.2) is 0 Å². The summed E-state index contributed by atoms with van der Waals surface area (Å²) in [7, 11) is 0. The van der Waals surface area contributed by atoms with E-state index in [2.05, 4.69) is 28.1 Å². The number of nitrogens with zero attached hydrogens (tertiary/aromatic N) is 1. The molecule has 1 saturated heterocycles. The van der Waals surface area contributed by atoms with E-state index >= 15 is 0 Å². The Balaban J connectivity index is 1.41. The predicted molar refractivity (Wildman–Crippen MR) is 96.7 cm³/mol. The Morgan fingerprint density at radius 2 is 1.91 bits per heavy atom. The number of halogens is 1. The number of benzene rings is 1. The zero-order valence-electron chi connectivity index (χ0n) is 12.9. The molecule has 3 nitrogen and oxygen atoms in total. The molecule has 1 fully saturated rings. The van der Waals surface area contributed by atoms with E-state index in [1.54, 1.807) is 0 Å². The normalized spacial score (nSPS) is 15.8. The molecule has 0 radical (unpaired) electrons. The summed E-state index contributed by atoms with van der Waals surface area (Å²) in [6.07, 6.45) is 2.04. The predicted octanol–water partition coefficient (Wildman–Crippen LogP) is 4.58.